The van der Waals surface area contributed by atoms with Crippen molar-refractivity contribution in [3.05, 3.63) is 66.0 Å². The van der Waals surface area contributed by atoms with Gasteiger partial charge in [0.1, 0.15) is 11.8 Å². The van der Waals surface area contributed by atoms with Gasteiger partial charge in [-0.3, -0.25) is 4.98 Å². The molecule has 4 nitrogen and oxygen atoms in total. The Morgan fingerprint density at radius 1 is 1.18 bits per heavy atom. The maximum absolute atomic E-state index is 6.07. The summed E-state index contributed by atoms with van der Waals surface area (Å²) in [6.45, 7) is 1.57. The topological polar surface area (TPSA) is 40.6 Å². The van der Waals surface area contributed by atoms with Crippen LogP contribution in [0.4, 0.5) is 0 Å². The van der Waals surface area contributed by atoms with Crippen LogP contribution in [0.5, 0.6) is 0 Å². The van der Waals surface area contributed by atoms with Gasteiger partial charge >= 0.3 is 0 Å². The van der Waals surface area contributed by atoms with E-state index in [0.29, 0.717) is 25.2 Å². The quantitative estimate of drug-likeness (QED) is 0.738. The van der Waals surface area contributed by atoms with Crippen LogP contribution in [0, 0.1) is 0 Å². The van der Waals surface area contributed by atoms with Gasteiger partial charge in [-0.05, 0) is 17.7 Å². The first-order chi connectivity index (χ1) is 10.8. The Hall–Kier alpha value is -1.27. The monoisotopic (exact) mass is 363 g/mol. The van der Waals surface area contributed by atoms with Gasteiger partial charge in [0, 0.05) is 6.20 Å². The van der Waals surface area contributed by atoms with E-state index in [1.807, 2.05) is 48.5 Å². The number of benzene rings is 1. The maximum atomic E-state index is 6.07. The Balaban J connectivity index is 1.55. The number of ether oxygens (including phenoxy) is 3. The molecule has 0 bridgehead atoms. The van der Waals surface area contributed by atoms with Crippen molar-refractivity contribution in [2.45, 2.75) is 18.5 Å². The fourth-order valence-corrected chi connectivity index (χ4v) is 2.97. The number of rotatable bonds is 6. The van der Waals surface area contributed by atoms with Crippen LogP contribution in [-0.4, -0.2) is 29.6 Å². The highest BCUT2D eigenvalue weighted by atomic mass is 79.9. The van der Waals surface area contributed by atoms with Gasteiger partial charge in [0.15, 0.2) is 0 Å². The van der Waals surface area contributed by atoms with Crippen LogP contribution in [0.15, 0.2) is 54.7 Å². The van der Waals surface area contributed by atoms with Gasteiger partial charge in [0.25, 0.3) is 0 Å². The molecule has 0 saturated carbocycles. The Morgan fingerprint density at radius 2 is 2.00 bits per heavy atom. The molecule has 2 unspecified atom stereocenters. The molecule has 0 N–H and O–H groups in total. The van der Waals surface area contributed by atoms with Crippen LogP contribution in [0.25, 0.3) is 0 Å². The lowest BCUT2D eigenvalue weighted by Gasteiger charge is -2.25. The van der Waals surface area contributed by atoms with E-state index in [1.165, 1.54) is 0 Å². The normalized spacial score (nSPS) is 24.5. The van der Waals surface area contributed by atoms with E-state index in [4.69, 9.17) is 14.2 Å². The highest BCUT2D eigenvalue weighted by Gasteiger charge is 2.43. The number of halogens is 1. The van der Waals surface area contributed by atoms with Crippen LogP contribution < -0.4 is 0 Å². The predicted octanol–water partition coefficient (Wildman–Crippen LogP) is 3.26. The van der Waals surface area contributed by atoms with Crippen molar-refractivity contribution < 1.29 is 14.2 Å². The predicted molar refractivity (Wildman–Crippen MR) is 86.6 cm³/mol. The van der Waals surface area contributed by atoms with Crippen molar-refractivity contribution in [1.29, 1.82) is 0 Å². The zero-order chi connectivity index (χ0) is 15.3. The first-order valence-electron chi connectivity index (χ1n) is 7.23. The molecule has 0 radical (unpaired) electrons. The molecule has 3 rings (SSSR count). The fraction of sp³-hybridized carbons (Fsp3) is 0.353. The van der Waals surface area contributed by atoms with Gasteiger partial charge in [-0.1, -0.05) is 52.3 Å². The standard InChI is InChI=1S/C17H18BrNO3/c18-13-17(16-8-4-5-9-19-16)21-12-15(22-17)11-20-10-14-6-2-1-3-7-14/h1-9,15H,10-13H2. The van der Waals surface area contributed by atoms with Gasteiger partial charge < -0.3 is 14.2 Å². The minimum Gasteiger partial charge on any atom is -0.374 e. The molecule has 5 heteroatoms. The second-order valence-corrected chi connectivity index (χ2v) is 5.71. The molecule has 22 heavy (non-hydrogen) atoms. The molecule has 1 aromatic heterocycles. The highest BCUT2D eigenvalue weighted by Crippen LogP contribution is 2.34. The molecule has 1 saturated heterocycles. The van der Waals surface area contributed by atoms with E-state index in [0.717, 1.165) is 11.3 Å². The molecule has 0 amide bonds. The Labute approximate surface area is 138 Å². The number of aromatic nitrogens is 1. The lowest BCUT2D eigenvalue weighted by atomic mass is 10.2. The smallest absolute Gasteiger partial charge is 0.222 e. The van der Waals surface area contributed by atoms with E-state index in [9.17, 15) is 0 Å². The summed E-state index contributed by atoms with van der Waals surface area (Å²) in [5, 5.41) is 0.534. The van der Waals surface area contributed by atoms with Crippen LogP contribution in [0.3, 0.4) is 0 Å². The van der Waals surface area contributed by atoms with Gasteiger partial charge in [-0.15, -0.1) is 0 Å². The fourth-order valence-electron chi connectivity index (χ4n) is 2.39. The van der Waals surface area contributed by atoms with Crippen molar-refractivity contribution in [1.82, 2.24) is 4.98 Å². The number of hydrogen-bond donors (Lipinski definition) is 0. The summed E-state index contributed by atoms with van der Waals surface area (Å²) in [6, 6.07) is 15.8. The third-order valence-electron chi connectivity index (χ3n) is 3.51. The summed E-state index contributed by atoms with van der Waals surface area (Å²) < 4.78 is 17.7. The summed E-state index contributed by atoms with van der Waals surface area (Å²) in [4.78, 5) is 4.35. The molecule has 116 valence electrons. The van der Waals surface area contributed by atoms with Crippen molar-refractivity contribution in [3.63, 3.8) is 0 Å². The van der Waals surface area contributed by atoms with E-state index < -0.39 is 5.79 Å². The van der Waals surface area contributed by atoms with Crippen LogP contribution in [-0.2, 0) is 26.6 Å². The molecule has 1 aromatic carbocycles. The molecule has 2 heterocycles. The number of alkyl halides is 1. The lowest BCUT2D eigenvalue weighted by Crippen LogP contribution is -2.31. The Bertz CT molecular complexity index is 581. The molecule has 0 spiro atoms. The van der Waals surface area contributed by atoms with Gasteiger partial charge in [0.2, 0.25) is 5.79 Å². The van der Waals surface area contributed by atoms with Crippen molar-refractivity contribution in [2.24, 2.45) is 0 Å². The summed E-state index contributed by atoms with van der Waals surface area (Å²) in [7, 11) is 0. The molecule has 1 fully saturated rings. The number of pyridine rings is 1. The second-order valence-electron chi connectivity index (χ2n) is 5.15. The van der Waals surface area contributed by atoms with E-state index >= 15 is 0 Å². The Morgan fingerprint density at radius 3 is 2.73 bits per heavy atom. The lowest BCUT2D eigenvalue weighted by molar-refractivity contribution is -0.165. The van der Waals surface area contributed by atoms with Crippen LogP contribution in [0.2, 0.25) is 0 Å². The molecule has 0 aliphatic carbocycles. The summed E-state index contributed by atoms with van der Waals surface area (Å²) in [5.41, 5.74) is 1.93. The van der Waals surface area contributed by atoms with Crippen molar-refractivity contribution in [3.8, 4) is 0 Å². The number of hydrogen-bond acceptors (Lipinski definition) is 4. The third kappa shape index (κ3) is 3.55. The first-order valence-corrected chi connectivity index (χ1v) is 8.35. The minimum absolute atomic E-state index is 0.0942. The van der Waals surface area contributed by atoms with E-state index in [1.54, 1.807) is 6.20 Å². The average Bonchev–Trinajstić information content (AvgIpc) is 3.01. The van der Waals surface area contributed by atoms with E-state index in [-0.39, 0.29) is 6.10 Å². The zero-order valence-electron chi connectivity index (χ0n) is 12.2. The molecule has 2 atom stereocenters. The maximum Gasteiger partial charge on any atom is 0.222 e. The van der Waals surface area contributed by atoms with Crippen molar-refractivity contribution in [2.75, 3.05) is 18.5 Å². The van der Waals surface area contributed by atoms with Gasteiger partial charge in [-0.2, -0.15) is 0 Å². The minimum atomic E-state index is -0.817. The molecular weight excluding hydrogens is 346 g/mol. The second kappa shape index (κ2) is 7.33. The summed E-state index contributed by atoms with van der Waals surface area (Å²) >= 11 is 3.47. The van der Waals surface area contributed by atoms with Crippen LogP contribution in [0.1, 0.15) is 11.3 Å². The highest BCUT2D eigenvalue weighted by molar-refractivity contribution is 9.09. The summed E-state index contributed by atoms with van der Waals surface area (Å²) in [6.07, 6.45) is 1.65. The molecule has 2 aromatic rings. The Kier molecular flexibility index (Phi) is 5.20. The third-order valence-corrected chi connectivity index (χ3v) is 4.24. The molecular formula is C17H18BrNO3. The first kappa shape index (κ1) is 15.6. The van der Waals surface area contributed by atoms with Crippen LogP contribution >= 0.6 is 15.9 Å². The summed E-state index contributed by atoms with van der Waals surface area (Å²) in [5.74, 6) is -0.817. The average molecular weight is 364 g/mol. The molecule has 1 aliphatic heterocycles. The van der Waals surface area contributed by atoms with E-state index in [2.05, 4.69) is 20.9 Å². The molecule has 1 aliphatic rings. The van der Waals surface area contributed by atoms with Crippen molar-refractivity contribution >= 4 is 15.9 Å². The number of nitrogens with zero attached hydrogens (tertiary/aromatic N) is 1. The SMILES string of the molecule is BrCC1(c2ccccn2)OCC(COCc2ccccc2)O1. The largest absolute Gasteiger partial charge is 0.374 e. The van der Waals surface area contributed by atoms with Gasteiger partial charge in [0.05, 0.1) is 25.2 Å². The van der Waals surface area contributed by atoms with Gasteiger partial charge in [-0.25, -0.2) is 0 Å². The zero-order valence-corrected chi connectivity index (χ0v) is 13.7.